The number of nitrogens with one attached hydrogen (secondary N) is 1. The van der Waals surface area contributed by atoms with Crippen LogP contribution in [0.4, 0.5) is 0 Å². The molecule has 0 aliphatic heterocycles. The van der Waals surface area contributed by atoms with E-state index in [1.54, 1.807) is 20.8 Å². The molecule has 1 rings (SSSR count). The number of benzene rings is 1. The van der Waals surface area contributed by atoms with Gasteiger partial charge in [-0.1, -0.05) is 16.5 Å². The van der Waals surface area contributed by atoms with Crippen molar-refractivity contribution in [1.29, 1.82) is 0 Å². The minimum atomic E-state index is -4.00. The third kappa shape index (κ3) is 4.45. The second-order valence-corrected chi connectivity index (χ2v) is 6.96. The molecule has 112 valence electrons. The van der Waals surface area contributed by atoms with Gasteiger partial charge in [0.05, 0.1) is 23.3 Å². The van der Waals surface area contributed by atoms with E-state index < -0.39 is 21.6 Å². The molecule has 0 atom stereocenters. The molecule has 20 heavy (non-hydrogen) atoms. The van der Waals surface area contributed by atoms with E-state index in [0.29, 0.717) is 0 Å². The summed E-state index contributed by atoms with van der Waals surface area (Å²) in [6, 6.07) is 3.81. The van der Waals surface area contributed by atoms with E-state index in [-0.39, 0.29) is 15.5 Å². The second kappa shape index (κ2) is 6.09. The van der Waals surface area contributed by atoms with E-state index in [1.807, 2.05) is 4.89 Å². The third-order valence-electron chi connectivity index (χ3n) is 2.10. The summed E-state index contributed by atoms with van der Waals surface area (Å²) in [6.45, 7) is 5.05. The highest BCUT2D eigenvalue weighted by atomic mass is 35.5. The average Bonchev–Trinajstić information content (AvgIpc) is 2.35. The lowest BCUT2D eigenvalue weighted by Crippen LogP contribution is -2.33. The summed E-state index contributed by atoms with van der Waals surface area (Å²) in [7, 11) is -2.80. The number of carbonyl (C=O) groups excluding carboxylic acids is 1. The monoisotopic (exact) mass is 321 g/mol. The fourth-order valence-electron chi connectivity index (χ4n) is 1.18. The Kier molecular flexibility index (Phi) is 5.15. The normalized spacial score (nSPS) is 12.2. The van der Waals surface area contributed by atoms with Crippen LogP contribution in [-0.2, 0) is 19.6 Å². The molecular weight excluding hydrogens is 306 g/mol. The van der Waals surface area contributed by atoms with Gasteiger partial charge in [-0.3, -0.25) is 4.84 Å². The lowest BCUT2D eigenvalue weighted by molar-refractivity contribution is -0.0357. The first kappa shape index (κ1) is 16.9. The molecule has 0 fully saturated rings. The molecule has 1 aromatic rings. The van der Waals surface area contributed by atoms with Gasteiger partial charge in [-0.25, -0.2) is 13.2 Å². The summed E-state index contributed by atoms with van der Waals surface area (Å²) in [5, 5.41) is -0.0253. The lowest BCUT2D eigenvalue weighted by atomic mass is 10.2. The Morgan fingerprint density at radius 1 is 1.30 bits per heavy atom. The number of hydrogen-bond donors (Lipinski definition) is 1. The van der Waals surface area contributed by atoms with Gasteiger partial charge in [0.25, 0.3) is 10.0 Å². The Morgan fingerprint density at radius 2 is 1.90 bits per heavy atom. The molecule has 0 unspecified atom stereocenters. The highest BCUT2D eigenvalue weighted by Gasteiger charge is 2.23. The molecule has 0 aliphatic rings. The van der Waals surface area contributed by atoms with Gasteiger partial charge in [0.2, 0.25) is 0 Å². The van der Waals surface area contributed by atoms with Crippen LogP contribution in [-0.4, -0.2) is 27.1 Å². The number of esters is 1. The Bertz CT molecular complexity index is 607. The highest BCUT2D eigenvalue weighted by Crippen LogP contribution is 2.23. The molecule has 8 heteroatoms. The molecule has 0 heterocycles. The van der Waals surface area contributed by atoms with Gasteiger partial charge in [0.15, 0.2) is 0 Å². The van der Waals surface area contributed by atoms with Crippen LogP contribution in [0.3, 0.4) is 0 Å². The summed E-state index contributed by atoms with van der Waals surface area (Å²) >= 11 is 5.85. The zero-order valence-electron chi connectivity index (χ0n) is 11.6. The smallest absolute Gasteiger partial charge is 0.337 e. The predicted octanol–water partition coefficient (Wildman–Crippen LogP) is 2.13. The Hall–Kier alpha value is -1.15. The Morgan fingerprint density at radius 3 is 2.40 bits per heavy atom. The molecule has 0 bridgehead atoms. The maximum atomic E-state index is 12.1. The predicted molar refractivity (Wildman–Crippen MR) is 74.0 cm³/mol. The van der Waals surface area contributed by atoms with Crippen LogP contribution in [0, 0.1) is 0 Å². The zero-order valence-corrected chi connectivity index (χ0v) is 13.1. The van der Waals surface area contributed by atoms with Gasteiger partial charge in [0, 0.05) is 0 Å². The van der Waals surface area contributed by atoms with E-state index in [2.05, 4.69) is 4.74 Å². The molecule has 1 N–H and O–H groups in total. The molecule has 0 aromatic heterocycles. The number of ether oxygens (including phenoxy) is 1. The van der Waals surface area contributed by atoms with Crippen LogP contribution in [0.15, 0.2) is 23.1 Å². The van der Waals surface area contributed by atoms with E-state index >= 15 is 0 Å². The molecule has 0 radical (unpaired) electrons. The summed E-state index contributed by atoms with van der Waals surface area (Å²) in [6.07, 6.45) is 0. The largest absolute Gasteiger partial charge is 0.465 e. The first-order valence-electron chi connectivity index (χ1n) is 5.64. The van der Waals surface area contributed by atoms with Crippen LogP contribution in [0.5, 0.6) is 0 Å². The number of hydrogen-bond acceptors (Lipinski definition) is 5. The van der Waals surface area contributed by atoms with Gasteiger partial charge < -0.3 is 4.74 Å². The maximum Gasteiger partial charge on any atom is 0.337 e. The topological polar surface area (TPSA) is 81.7 Å². The number of carbonyl (C=O) groups is 1. The quantitative estimate of drug-likeness (QED) is 0.678. The summed E-state index contributed by atoms with van der Waals surface area (Å²) < 4.78 is 28.7. The van der Waals surface area contributed by atoms with Crippen LogP contribution in [0.2, 0.25) is 5.02 Å². The second-order valence-electron chi connectivity index (χ2n) is 4.94. The fourth-order valence-corrected chi connectivity index (χ4v) is 2.66. The van der Waals surface area contributed by atoms with Crippen LogP contribution in [0.1, 0.15) is 31.1 Å². The molecule has 0 saturated heterocycles. The van der Waals surface area contributed by atoms with Crippen molar-refractivity contribution in [2.75, 3.05) is 7.11 Å². The van der Waals surface area contributed by atoms with Crippen molar-refractivity contribution in [3.8, 4) is 0 Å². The number of halogens is 1. The van der Waals surface area contributed by atoms with E-state index in [4.69, 9.17) is 16.4 Å². The van der Waals surface area contributed by atoms with Gasteiger partial charge in [-0.2, -0.15) is 0 Å². The van der Waals surface area contributed by atoms with Crippen LogP contribution in [0.25, 0.3) is 0 Å². The van der Waals surface area contributed by atoms with Crippen molar-refractivity contribution < 1.29 is 22.8 Å². The van der Waals surface area contributed by atoms with Crippen molar-refractivity contribution in [1.82, 2.24) is 4.89 Å². The first-order chi connectivity index (χ1) is 9.07. The molecule has 0 aliphatic carbocycles. The van der Waals surface area contributed by atoms with Crippen molar-refractivity contribution in [3.05, 3.63) is 28.8 Å². The molecule has 0 spiro atoms. The number of rotatable bonds is 4. The van der Waals surface area contributed by atoms with Crippen LogP contribution >= 0.6 is 11.6 Å². The van der Waals surface area contributed by atoms with Crippen molar-refractivity contribution in [3.63, 3.8) is 0 Å². The standard InChI is InChI=1S/C12H16ClNO5S/c1-12(2,3)19-14-20(16,17)10-7-8(11(15)18-4)5-6-9(10)13/h5-7,14H,1-4H3. The SMILES string of the molecule is COC(=O)c1ccc(Cl)c(S(=O)(=O)NOC(C)(C)C)c1. The fraction of sp³-hybridized carbons (Fsp3) is 0.417. The number of methoxy groups -OCH3 is 1. The molecule has 0 amide bonds. The summed E-state index contributed by atoms with van der Waals surface area (Å²) in [5.74, 6) is -0.658. The van der Waals surface area contributed by atoms with Gasteiger partial charge in [-0.15, -0.1) is 0 Å². The van der Waals surface area contributed by atoms with Gasteiger partial charge >= 0.3 is 5.97 Å². The molecule has 6 nitrogen and oxygen atoms in total. The Labute approximate surface area is 123 Å². The van der Waals surface area contributed by atoms with Crippen molar-refractivity contribution >= 4 is 27.6 Å². The number of sulfonamides is 1. The average molecular weight is 322 g/mol. The molecule has 0 saturated carbocycles. The minimum Gasteiger partial charge on any atom is -0.465 e. The van der Waals surface area contributed by atoms with E-state index in [9.17, 15) is 13.2 Å². The lowest BCUT2D eigenvalue weighted by Gasteiger charge is -2.19. The van der Waals surface area contributed by atoms with Crippen molar-refractivity contribution in [2.24, 2.45) is 0 Å². The third-order valence-corrected chi connectivity index (χ3v) is 3.76. The molecular formula is C12H16ClNO5S. The van der Waals surface area contributed by atoms with E-state index in [0.717, 1.165) is 6.07 Å². The maximum absolute atomic E-state index is 12.1. The van der Waals surface area contributed by atoms with Gasteiger partial charge in [0.1, 0.15) is 4.90 Å². The highest BCUT2D eigenvalue weighted by molar-refractivity contribution is 7.89. The van der Waals surface area contributed by atoms with Crippen LogP contribution < -0.4 is 4.89 Å². The Balaban J connectivity index is 3.14. The summed E-state index contributed by atoms with van der Waals surface area (Å²) in [5.41, 5.74) is -0.632. The minimum absolute atomic E-state index is 0.0253. The first-order valence-corrected chi connectivity index (χ1v) is 7.50. The van der Waals surface area contributed by atoms with Gasteiger partial charge in [-0.05, 0) is 39.0 Å². The molecule has 1 aromatic carbocycles. The summed E-state index contributed by atoms with van der Waals surface area (Å²) in [4.78, 5) is 18.1. The van der Waals surface area contributed by atoms with E-state index in [1.165, 1.54) is 19.2 Å². The zero-order chi connectivity index (χ0) is 15.6. The van der Waals surface area contributed by atoms with Crippen molar-refractivity contribution in [2.45, 2.75) is 31.3 Å².